The molecule has 0 aliphatic heterocycles. The van der Waals surface area contributed by atoms with Crippen LogP contribution in [-0.4, -0.2) is 27.0 Å². The van der Waals surface area contributed by atoms with Crippen LogP contribution in [-0.2, 0) is 4.79 Å². The maximum absolute atomic E-state index is 10.4. The van der Waals surface area contributed by atoms with E-state index in [1.165, 1.54) is 18.5 Å². The van der Waals surface area contributed by atoms with Gasteiger partial charge in [-0.05, 0) is 6.08 Å². The van der Waals surface area contributed by atoms with Crippen LogP contribution in [0.3, 0.4) is 0 Å². The largest absolute Gasteiger partial charge is 0.475 e. The van der Waals surface area contributed by atoms with Crippen molar-refractivity contribution in [2.75, 3.05) is 0 Å². The fourth-order valence-electron chi connectivity index (χ4n) is 0.713. The molecule has 0 fully saturated rings. The number of primary amides is 1. The summed E-state index contributed by atoms with van der Waals surface area (Å²) in [5.74, 6) is -2.08. The first-order valence-corrected chi connectivity index (χ1v) is 3.62. The third-order valence-electron chi connectivity index (χ3n) is 1.30. The zero-order valence-corrected chi connectivity index (χ0v) is 7.04. The van der Waals surface area contributed by atoms with E-state index in [2.05, 4.69) is 9.97 Å². The third-order valence-corrected chi connectivity index (χ3v) is 1.30. The van der Waals surface area contributed by atoms with E-state index < -0.39 is 11.9 Å². The van der Waals surface area contributed by atoms with Crippen LogP contribution in [0, 0.1) is 0 Å². The van der Waals surface area contributed by atoms with E-state index in [9.17, 15) is 9.59 Å². The Kier molecular flexibility index (Phi) is 2.90. The molecule has 1 aromatic rings. The van der Waals surface area contributed by atoms with Crippen molar-refractivity contribution in [3.8, 4) is 0 Å². The highest BCUT2D eigenvalue weighted by Gasteiger charge is 2.03. The second kappa shape index (κ2) is 4.13. The van der Waals surface area contributed by atoms with Crippen LogP contribution in [0.25, 0.3) is 6.08 Å². The first-order valence-electron chi connectivity index (χ1n) is 3.62. The summed E-state index contributed by atoms with van der Waals surface area (Å²) in [6.45, 7) is 0. The average Bonchev–Trinajstić information content (AvgIpc) is 2.15. The predicted octanol–water partition coefficient (Wildman–Crippen LogP) is -0.327. The molecule has 0 saturated carbocycles. The standard InChI is InChI=1S/C8H7N3O3/c9-6(12)2-1-5-3-10-7(8(13)14)11-4-5/h1-4H,(H2,9,12)(H,13,14). The maximum Gasteiger partial charge on any atom is 0.373 e. The Morgan fingerprint density at radius 3 is 2.36 bits per heavy atom. The molecule has 14 heavy (non-hydrogen) atoms. The minimum absolute atomic E-state index is 0.291. The number of carboxylic acid groups (broad SMARTS) is 1. The van der Waals surface area contributed by atoms with E-state index in [1.807, 2.05) is 0 Å². The van der Waals surface area contributed by atoms with Gasteiger partial charge in [0, 0.05) is 24.0 Å². The number of aromatic nitrogens is 2. The first kappa shape index (κ1) is 9.85. The zero-order valence-electron chi connectivity index (χ0n) is 7.04. The first-order chi connectivity index (χ1) is 6.59. The molecule has 0 bridgehead atoms. The second-order valence-corrected chi connectivity index (χ2v) is 2.38. The number of carbonyl (C=O) groups excluding carboxylic acids is 1. The Bertz CT molecular complexity index is 383. The molecule has 0 aliphatic carbocycles. The Morgan fingerprint density at radius 1 is 1.36 bits per heavy atom. The number of amides is 1. The summed E-state index contributed by atoms with van der Waals surface area (Å²) >= 11 is 0. The maximum atomic E-state index is 10.4. The lowest BCUT2D eigenvalue weighted by Gasteiger charge is -1.93. The van der Waals surface area contributed by atoms with Gasteiger partial charge in [-0.25, -0.2) is 14.8 Å². The molecule has 6 nitrogen and oxygen atoms in total. The highest BCUT2D eigenvalue weighted by atomic mass is 16.4. The Hall–Kier alpha value is -2.24. The zero-order chi connectivity index (χ0) is 10.6. The van der Waals surface area contributed by atoms with E-state index in [0.717, 1.165) is 6.08 Å². The molecule has 6 heteroatoms. The van der Waals surface area contributed by atoms with Crippen LogP contribution in [0.2, 0.25) is 0 Å². The van der Waals surface area contributed by atoms with Gasteiger partial charge in [0.25, 0.3) is 0 Å². The van der Waals surface area contributed by atoms with Gasteiger partial charge in [0.1, 0.15) is 0 Å². The molecule has 1 aromatic heterocycles. The van der Waals surface area contributed by atoms with E-state index in [4.69, 9.17) is 10.8 Å². The fraction of sp³-hybridized carbons (Fsp3) is 0. The molecule has 0 saturated heterocycles. The van der Waals surface area contributed by atoms with E-state index >= 15 is 0 Å². The number of hydrogen-bond acceptors (Lipinski definition) is 4. The molecule has 0 aromatic carbocycles. The quantitative estimate of drug-likeness (QED) is 0.639. The number of carbonyl (C=O) groups is 2. The van der Waals surface area contributed by atoms with Crippen LogP contribution in [0.4, 0.5) is 0 Å². The minimum Gasteiger partial charge on any atom is -0.475 e. The highest BCUT2D eigenvalue weighted by molar-refractivity contribution is 5.90. The Balaban J connectivity index is 2.83. The number of carboxylic acids is 1. The lowest BCUT2D eigenvalue weighted by molar-refractivity contribution is -0.113. The monoisotopic (exact) mass is 193 g/mol. The van der Waals surface area contributed by atoms with Crippen molar-refractivity contribution < 1.29 is 14.7 Å². The molecular weight excluding hydrogens is 186 g/mol. The third kappa shape index (κ3) is 2.67. The molecule has 0 unspecified atom stereocenters. The lowest BCUT2D eigenvalue weighted by Crippen LogP contribution is -2.05. The molecular formula is C8H7N3O3. The smallest absolute Gasteiger partial charge is 0.373 e. The normalized spacial score (nSPS) is 10.3. The predicted molar refractivity (Wildman–Crippen MR) is 47.2 cm³/mol. The molecule has 1 heterocycles. The SMILES string of the molecule is NC(=O)C=Cc1cnc(C(=O)O)nc1. The van der Waals surface area contributed by atoms with Gasteiger partial charge in [0.15, 0.2) is 0 Å². The van der Waals surface area contributed by atoms with E-state index in [-0.39, 0.29) is 5.82 Å². The van der Waals surface area contributed by atoms with Gasteiger partial charge in [-0.1, -0.05) is 0 Å². The van der Waals surface area contributed by atoms with Crippen molar-refractivity contribution >= 4 is 18.0 Å². The van der Waals surface area contributed by atoms with Gasteiger partial charge in [0.2, 0.25) is 11.7 Å². The fourth-order valence-corrected chi connectivity index (χ4v) is 0.713. The Labute approximate surface area is 79.1 Å². The molecule has 0 aliphatic rings. The van der Waals surface area contributed by atoms with Gasteiger partial charge < -0.3 is 10.8 Å². The van der Waals surface area contributed by atoms with Crippen molar-refractivity contribution in [1.29, 1.82) is 0 Å². The van der Waals surface area contributed by atoms with Crippen LogP contribution in [0.5, 0.6) is 0 Å². The number of nitrogens with two attached hydrogens (primary N) is 1. The number of aromatic carboxylic acids is 1. The molecule has 3 N–H and O–H groups in total. The molecule has 0 radical (unpaired) electrons. The highest BCUT2D eigenvalue weighted by Crippen LogP contribution is 1.98. The summed E-state index contributed by atoms with van der Waals surface area (Å²) < 4.78 is 0. The number of hydrogen-bond donors (Lipinski definition) is 2. The second-order valence-electron chi connectivity index (χ2n) is 2.38. The summed E-state index contributed by atoms with van der Waals surface area (Å²) in [7, 11) is 0. The van der Waals surface area contributed by atoms with Crippen LogP contribution in [0.15, 0.2) is 18.5 Å². The molecule has 1 rings (SSSR count). The Morgan fingerprint density at radius 2 is 1.93 bits per heavy atom. The summed E-state index contributed by atoms with van der Waals surface area (Å²) in [5, 5.41) is 8.48. The van der Waals surface area contributed by atoms with E-state index in [0.29, 0.717) is 5.56 Å². The van der Waals surface area contributed by atoms with Crippen LogP contribution < -0.4 is 5.73 Å². The van der Waals surface area contributed by atoms with E-state index in [1.54, 1.807) is 0 Å². The number of nitrogens with zero attached hydrogens (tertiary/aromatic N) is 2. The van der Waals surface area contributed by atoms with Crippen molar-refractivity contribution in [3.05, 3.63) is 29.9 Å². The minimum atomic E-state index is -1.20. The van der Waals surface area contributed by atoms with Crippen molar-refractivity contribution in [1.82, 2.24) is 9.97 Å². The van der Waals surface area contributed by atoms with Crippen molar-refractivity contribution in [2.24, 2.45) is 5.73 Å². The van der Waals surface area contributed by atoms with Gasteiger partial charge in [0.05, 0.1) is 0 Å². The summed E-state index contributed by atoms with van der Waals surface area (Å²) in [6, 6.07) is 0. The topological polar surface area (TPSA) is 106 Å². The number of rotatable bonds is 3. The summed E-state index contributed by atoms with van der Waals surface area (Å²) in [5.41, 5.74) is 5.37. The van der Waals surface area contributed by atoms with Gasteiger partial charge in [-0.2, -0.15) is 0 Å². The van der Waals surface area contributed by atoms with Crippen LogP contribution in [0.1, 0.15) is 16.2 Å². The van der Waals surface area contributed by atoms with Crippen molar-refractivity contribution in [2.45, 2.75) is 0 Å². The van der Waals surface area contributed by atoms with Crippen LogP contribution >= 0.6 is 0 Å². The lowest BCUT2D eigenvalue weighted by atomic mass is 10.3. The molecule has 1 amide bonds. The summed E-state index contributed by atoms with van der Waals surface area (Å²) in [6.07, 6.45) is 5.11. The molecule has 0 spiro atoms. The van der Waals surface area contributed by atoms with Gasteiger partial charge >= 0.3 is 5.97 Å². The van der Waals surface area contributed by atoms with Gasteiger partial charge in [-0.15, -0.1) is 0 Å². The molecule has 0 atom stereocenters. The van der Waals surface area contributed by atoms with Crippen molar-refractivity contribution in [3.63, 3.8) is 0 Å². The van der Waals surface area contributed by atoms with Gasteiger partial charge in [-0.3, -0.25) is 4.79 Å². The molecule has 72 valence electrons. The average molecular weight is 193 g/mol. The summed E-state index contributed by atoms with van der Waals surface area (Å²) in [4.78, 5) is 27.8.